The molecule has 1 aliphatic rings. The largest absolute Gasteiger partial charge is 0.481 e. The number of nitrogens with zero attached hydrogens (tertiary/aromatic N) is 1. The van der Waals surface area contributed by atoms with Gasteiger partial charge in [-0.2, -0.15) is 0 Å². The SMILES string of the molecule is CC(C)(NC(=O)NCC1(C(=O)O)CC1)c1nccs1. The number of carbonyl (C=O) groups is 2. The number of rotatable bonds is 5. The predicted octanol–water partition coefficient (Wildman–Crippen LogP) is 1.54. The molecule has 0 atom stereocenters. The summed E-state index contributed by atoms with van der Waals surface area (Å²) < 4.78 is 0. The van der Waals surface area contributed by atoms with Crippen molar-refractivity contribution in [3.8, 4) is 0 Å². The molecular formula is C12H17N3O3S. The Kier molecular flexibility index (Phi) is 3.49. The number of nitrogens with one attached hydrogen (secondary N) is 2. The van der Waals surface area contributed by atoms with E-state index < -0.39 is 16.9 Å². The normalized spacial score (nSPS) is 16.7. The van der Waals surface area contributed by atoms with Crippen LogP contribution in [0.3, 0.4) is 0 Å². The van der Waals surface area contributed by atoms with E-state index in [1.807, 2.05) is 19.2 Å². The second-order valence-electron chi connectivity index (χ2n) is 5.36. The summed E-state index contributed by atoms with van der Waals surface area (Å²) in [7, 11) is 0. The van der Waals surface area contributed by atoms with Crippen LogP contribution >= 0.6 is 11.3 Å². The van der Waals surface area contributed by atoms with E-state index in [1.54, 1.807) is 6.20 Å². The Hall–Kier alpha value is -1.63. The molecule has 1 saturated carbocycles. The highest BCUT2D eigenvalue weighted by Crippen LogP contribution is 2.45. The average molecular weight is 283 g/mol. The van der Waals surface area contributed by atoms with Crippen molar-refractivity contribution in [1.29, 1.82) is 0 Å². The van der Waals surface area contributed by atoms with Crippen molar-refractivity contribution in [2.75, 3.05) is 6.54 Å². The summed E-state index contributed by atoms with van der Waals surface area (Å²) in [6, 6.07) is -0.368. The van der Waals surface area contributed by atoms with Crippen LogP contribution in [-0.2, 0) is 10.3 Å². The number of hydrogen-bond donors (Lipinski definition) is 3. The van der Waals surface area contributed by atoms with Crippen LogP contribution in [0.15, 0.2) is 11.6 Å². The van der Waals surface area contributed by atoms with Gasteiger partial charge in [-0.05, 0) is 26.7 Å². The third-order valence-corrected chi connectivity index (χ3v) is 4.38. The minimum atomic E-state index is -0.841. The zero-order valence-electron chi connectivity index (χ0n) is 10.9. The Labute approximate surface area is 115 Å². The predicted molar refractivity (Wildman–Crippen MR) is 71.0 cm³/mol. The summed E-state index contributed by atoms with van der Waals surface area (Å²) in [4.78, 5) is 27.0. The molecule has 19 heavy (non-hydrogen) atoms. The highest BCUT2D eigenvalue weighted by atomic mass is 32.1. The van der Waals surface area contributed by atoms with Gasteiger partial charge in [0.2, 0.25) is 0 Å². The van der Waals surface area contributed by atoms with Gasteiger partial charge in [-0.15, -0.1) is 11.3 Å². The smallest absolute Gasteiger partial charge is 0.315 e. The van der Waals surface area contributed by atoms with Gasteiger partial charge in [-0.25, -0.2) is 9.78 Å². The number of aromatic nitrogens is 1. The molecule has 6 nitrogen and oxygen atoms in total. The minimum Gasteiger partial charge on any atom is -0.481 e. The highest BCUT2D eigenvalue weighted by molar-refractivity contribution is 7.09. The number of amides is 2. The molecule has 0 radical (unpaired) electrons. The standard InChI is InChI=1S/C12H17N3O3S/c1-11(2,8-13-5-6-19-8)15-10(18)14-7-12(3-4-12)9(16)17/h5-6H,3-4,7H2,1-2H3,(H,16,17)(H2,14,15,18). The molecular weight excluding hydrogens is 266 g/mol. The number of hydrogen-bond acceptors (Lipinski definition) is 4. The Morgan fingerprint density at radius 1 is 1.53 bits per heavy atom. The minimum absolute atomic E-state index is 0.169. The van der Waals surface area contributed by atoms with E-state index in [0.29, 0.717) is 12.8 Å². The van der Waals surface area contributed by atoms with E-state index >= 15 is 0 Å². The van der Waals surface area contributed by atoms with Crippen LogP contribution in [0.1, 0.15) is 31.7 Å². The summed E-state index contributed by atoms with van der Waals surface area (Å²) >= 11 is 1.47. The van der Waals surface area contributed by atoms with E-state index in [2.05, 4.69) is 15.6 Å². The summed E-state index contributed by atoms with van der Waals surface area (Å²) in [6.07, 6.45) is 2.93. The molecule has 7 heteroatoms. The van der Waals surface area contributed by atoms with Crippen LogP contribution in [0.2, 0.25) is 0 Å². The van der Waals surface area contributed by atoms with E-state index in [9.17, 15) is 9.59 Å². The van der Waals surface area contributed by atoms with Gasteiger partial charge in [0.1, 0.15) is 5.01 Å². The molecule has 1 aromatic heterocycles. The van der Waals surface area contributed by atoms with Gasteiger partial charge in [-0.3, -0.25) is 4.79 Å². The molecule has 1 fully saturated rings. The molecule has 2 amide bonds. The molecule has 1 aliphatic carbocycles. The van der Waals surface area contributed by atoms with Gasteiger partial charge >= 0.3 is 12.0 Å². The molecule has 1 aromatic rings. The van der Waals surface area contributed by atoms with Gasteiger partial charge < -0.3 is 15.7 Å². The number of carboxylic acids is 1. The molecule has 1 heterocycles. The topological polar surface area (TPSA) is 91.3 Å². The van der Waals surface area contributed by atoms with E-state index in [4.69, 9.17) is 5.11 Å². The number of carboxylic acid groups (broad SMARTS) is 1. The van der Waals surface area contributed by atoms with Crippen LogP contribution in [-0.4, -0.2) is 28.6 Å². The van der Waals surface area contributed by atoms with Crippen LogP contribution in [0.4, 0.5) is 4.79 Å². The maximum absolute atomic E-state index is 11.8. The fourth-order valence-corrected chi connectivity index (χ4v) is 2.50. The Bertz CT molecular complexity index is 480. The van der Waals surface area contributed by atoms with E-state index in [0.717, 1.165) is 5.01 Å². The van der Waals surface area contributed by atoms with E-state index in [-0.39, 0.29) is 12.6 Å². The third-order valence-electron chi connectivity index (χ3n) is 3.29. The Morgan fingerprint density at radius 3 is 2.68 bits per heavy atom. The van der Waals surface area contributed by atoms with Gasteiger partial charge in [0.15, 0.2) is 0 Å². The molecule has 104 valence electrons. The van der Waals surface area contributed by atoms with Crippen molar-refractivity contribution in [3.63, 3.8) is 0 Å². The molecule has 0 spiro atoms. The second kappa shape index (κ2) is 4.80. The zero-order chi connectivity index (χ0) is 14.1. The molecule has 0 unspecified atom stereocenters. The summed E-state index contributed by atoms with van der Waals surface area (Å²) in [5.41, 5.74) is -1.32. The summed E-state index contributed by atoms with van der Waals surface area (Å²) in [5, 5.41) is 17.1. The second-order valence-corrected chi connectivity index (χ2v) is 6.25. The van der Waals surface area contributed by atoms with Crippen molar-refractivity contribution >= 4 is 23.3 Å². The molecule has 0 bridgehead atoms. The fraction of sp³-hybridized carbons (Fsp3) is 0.583. The highest BCUT2D eigenvalue weighted by Gasteiger charge is 2.50. The first kappa shape index (κ1) is 13.8. The molecule has 0 aromatic carbocycles. The zero-order valence-corrected chi connectivity index (χ0v) is 11.7. The van der Waals surface area contributed by atoms with E-state index in [1.165, 1.54) is 11.3 Å². The molecule has 2 rings (SSSR count). The summed E-state index contributed by atoms with van der Waals surface area (Å²) in [5.74, 6) is -0.841. The Balaban J connectivity index is 1.86. The van der Waals surface area contributed by atoms with Gasteiger partial charge in [0.25, 0.3) is 0 Å². The lowest BCUT2D eigenvalue weighted by atomic mass is 10.1. The van der Waals surface area contributed by atoms with Crippen LogP contribution in [0.25, 0.3) is 0 Å². The maximum Gasteiger partial charge on any atom is 0.315 e. The molecule has 0 saturated heterocycles. The Morgan fingerprint density at radius 2 is 2.21 bits per heavy atom. The van der Waals surface area contributed by atoms with Crippen molar-refractivity contribution in [1.82, 2.24) is 15.6 Å². The average Bonchev–Trinajstić information content (AvgIpc) is 2.90. The van der Waals surface area contributed by atoms with Crippen LogP contribution < -0.4 is 10.6 Å². The lowest BCUT2D eigenvalue weighted by Crippen LogP contribution is -2.48. The number of carbonyl (C=O) groups excluding carboxylic acids is 1. The first-order valence-corrected chi connectivity index (χ1v) is 6.93. The summed E-state index contributed by atoms with van der Waals surface area (Å²) in [6.45, 7) is 3.88. The van der Waals surface area contributed by atoms with Crippen molar-refractivity contribution < 1.29 is 14.7 Å². The number of aliphatic carboxylic acids is 1. The molecule has 3 N–H and O–H groups in total. The van der Waals surface area contributed by atoms with Crippen LogP contribution in [0.5, 0.6) is 0 Å². The lowest BCUT2D eigenvalue weighted by Gasteiger charge is -2.24. The maximum atomic E-state index is 11.8. The lowest BCUT2D eigenvalue weighted by molar-refractivity contribution is -0.143. The monoisotopic (exact) mass is 283 g/mol. The van der Waals surface area contributed by atoms with Crippen molar-refractivity contribution in [2.24, 2.45) is 5.41 Å². The van der Waals surface area contributed by atoms with Crippen LogP contribution in [0, 0.1) is 5.41 Å². The number of thiazole rings is 1. The number of urea groups is 1. The fourth-order valence-electron chi connectivity index (χ4n) is 1.78. The van der Waals surface area contributed by atoms with Gasteiger partial charge in [0.05, 0.1) is 11.0 Å². The van der Waals surface area contributed by atoms with Crippen molar-refractivity contribution in [3.05, 3.63) is 16.6 Å². The molecule has 0 aliphatic heterocycles. The first-order valence-electron chi connectivity index (χ1n) is 6.05. The van der Waals surface area contributed by atoms with Crippen molar-refractivity contribution in [2.45, 2.75) is 32.2 Å². The van der Waals surface area contributed by atoms with Gasteiger partial charge in [0, 0.05) is 18.1 Å². The quantitative estimate of drug-likeness (QED) is 0.764. The van der Waals surface area contributed by atoms with Gasteiger partial charge in [-0.1, -0.05) is 0 Å². The first-order chi connectivity index (χ1) is 8.86. The third kappa shape index (κ3) is 3.04.